The summed E-state index contributed by atoms with van der Waals surface area (Å²) in [5, 5.41) is 10.9. The first-order valence-corrected chi connectivity index (χ1v) is 10.6. The number of fused-ring (bicyclic) bond motifs is 1. The number of hydrogen-bond acceptors (Lipinski definition) is 6. The summed E-state index contributed by atoms with van der Waals surface area (Å²) in [5.41, 5.74) is 1.35. The van der Waals surface area contributed by atoms with E-state index >= 15 is 0 Å². The van der Waals surface area contributed by atoms with Crippen LogP contribution in [0.2, 0.25) is 0 Å². The summed E-state index contributed by atoms with van der Waals surface area (Å²) < 4.78 is 37.5. The Morgan fingerprint density at radius 3 is 2.70 bits per heavy atom. The highest BCUT2D eigenvalue weighted by molar-refractivity contribution is 7.10. The van der Waals surface area contributed by atoms with Crippen LogP contribution in [-0.2, 0) is 25.7 Å². The second kappa shape index (κ2) is 9.21. The number of hydrogen-bond donors (Lipinski definition) is 1. The van der Waals surface area contributed by atoms with E-state index in [1.165, 1.54) is 10.4 Å². The van der Waals surface area contributed by atoms with Crippen LogP contribution in [-0.4, -0.2) is 72.6 Å². The average molecular weight is 450 g/mol. The van der Waals surface area contributed by atoms with Crippen LogP contribution in [0.5, 0.6) is 0 Å². The van der Waals surface area contributed by atoms with Gasteiger partial charge in [-0.2, -0.15) is 13.2 Å². The fourth-order valence-electron chi connectivity index (χ4n) is 4.12. The lowest BCUT2D eigenvalue weighted by molar-refractivity contribution is -0.192. The molecule has 1 aromatic rings. The maximum absolute atomic E-state index is 12.5. The van der Waals surface area contributed by atoms with Gasteiger partial charge in [0.15, 0.2) is 0 Å². The maximum Gasteiger partial charge on any atom is 0.490 e. The van der Waals surface area contributed by atoms with Gasteiger partial charge in [0.05, 0.1) is 26.4 Å². The van der Waals surface area contributed by atoms with Crippen LogP contribution >= 0.6 is 11.3 Å². The quantitative estimate of drug-likeness (QED) is 0.760. The lowest BCUT2D eigenvalue weighted by Crippen LogP contribution is -2.38. The van der Waals surface area contributed by atoms with Gasteiger partial charge in [-0.3, -0.25) is 14.5 Å². The number of alkyl halides is 3. The minimum Gasteiger partial charge on any atom is -0.475 e. The molecule has 0 aromatic carbocycles. The number of carboxylic acids is 1. The molecule has 3 saturated heterocycles. The van der Waals surface area contributed by atoms with Crippen LogP contribution in [0.3, 0.4) is 0 Å². The molecule has 30 heavy (non-hydrogen) atoms. The number of carboxylic acid groups (broad SMARTS) is 1. The van der Waals surface area contributed by atoms with Crippen molar-refractivity contribution < 1.29 is 37.4 Å². The summed E-state index contributed by atoms with van der Waals surface area (Å²) >= 11 is 1.83. The first-order chi connectivity index (χ1) is 14.1. The van der Waals surface area contributed by atoms with Gasteiger partial charge >= 0.3 is 12.1 Å². The van der Waals surface area contributed by atoms with Crippen molar-refractivity contribution in [1.29, 1.82) is 0 Å². The van der Waals surface area contributed by atoms with E-state index in [2.05, 4.69) is 23.3 Å². The van der Waals surface area contributed by atoms with Crippen molar-refractivity contribution in [1.82, 2.24) is 9.96 Å². The highest BCUT2D eigenvalue weighted by Crippen LogP contribution is 2.45. The summed E-state index contributed by atoms with van der Waals surface area (Å²) in [6.07, 6.45) is -3.58. The van der Waals surface area contributed by atoms with E-state index in [0.29, 0.717) is 25.6 Å². The monoisotopic (exact) mass is 450 g/mol. The number of ether oxygens (including phenoxy) is 1. The van der Waals surface area contributed by atoms with Crippen molar-refractivity contribution >= 4 is 23.2 Å². The Hall–Kier alpha value is -1.69. The van der Waals surface area contributed by atoms with E-state index in [1.807, 2.05) is 11.3 Å². The fraction of sp³-hybridized carbons (Fsp3) is 0.684. The smallest absolute Gasteiger partial charge is 0.475 e. The molecule has 11 heteroatoms. The minimum atomic E-state index is -5.08. The van der Waals surface area contributed by atoms with Crippen LogP contribution in [0.15, 0.2) is 11.4 Å². The average Bonchev–Trinajstić information content (AvgIpc) is 3.41. The van der Waals surface area contributed by atoms with Crippen LogP contribution in [0, 0.1) is 18.3 Å². The minimum absolute atomic E-state index is 0.0196. The number of nitrogens with zero attached hydrogens (tertiary/aromatic N) is 2. The third kappa shape index (κ3) is 5.32. The number of amides is 1. The molecular formula is C19H25F3N2O5S. The number of likely N-dealkylation sites (tertiary alicyclic amines) is 1. The highest BCUT2D eigenvalue weighted by Gasteiger charge is 2.52. The van der Waals surface area contributed by atoms with Gasteiger partial charge in [0.25, 0.3) is 0 Å². The Labute approximate surface area is 176 Å². The Balaban J connectivity index is 0.000000318. The molecule has 0 bridgehead atoms. The van der Waals surface area contributed by atoms with Gasteiger partial charge < -0.3 is 9.84 Å². The zero-order valence-corrected chi connectivity index (χ0v) is 17.4. The standard InChI is InChI=1S/C17H24N2O3S.C2HF3O2/c1-13-3-6-23-15(13)9-18-8-14-10-21-12-17(14,11-18)7-16(20)19-4-2-5-22-19;3-2(4,5)1(6)7/h3,6,14H,2,4-5,7-12H2,1H3;(H,6,7)/t14-,17+;/m1./s1. The molecule has 1 amide bonds. The van der Waals surface area contributed by atoms with Crippen LogP contribution < -0.4 is 0 Å². The molecule has 0 spiro atoms. The van der Waals surface area contributed by atoms with Gasteiger partial charge in [0.1, 0.15) is 0 Å². The van der Waals surface area contributed by atoms with E-state index in [9.17, 15) is 18.0 Å². The number of thiophene rings is 1. The molecule has 168 valence electrons. The lowest BCUT2D eigenvalue weighted by atomic mass is 9.78. The van der Waals surface area contributed by atoms with Gasteiger partial charge in [-0.25, -0.2) is 9.86 Å². The summed E-state index contributed by atoms with van der Waals surface area (Å²) in [4.78, 5) is 30.8. The molecule has 3 aliphatic rings. The molecule has 3 aliphatic heterocycles. The Kier molecular flexibility index (Phi) is 7.05. The summed E-state index contributed by atoms with van der Waals surface area (Å²) in [7, 11) is 0. The van der Waals surface area contributed by atoms with Crippen molar-refractivity contribution in [2.45, 2.75) is 32.5 Å². The van der Waals surface area contributed by atoms with Crippen LogP contribution in [0.25, 0.3) is 0 Å². The lowest BCUT2D eigenvalue weighted by Gasteiger charge is -2.28. The van der Waals surface area contributed by atoms with E-state index < -0.39 is 12.1 Å². The van der Waals surface area contributed by atoms with Gasteiger partial charge in [-0.15, -0.1) is 11.3 Å². The predicted molar refractivity (Wildman–Crippen MR) is 102 cm³/mol. The number of carbonyl (C=O) groups is 2. The number of halogens is 3. The molecule has 0 unspecified atom stereocenters. The molecule has 1 N–H and O–H groups in total. The molecule has 4 heterocycles. The summed E-state index contributed by atoms with van der Waals surface area (Å²) in [6.45, 7) is 8.05. The molecular weight excluding hydrogens is 425 g/mol. The third-order valence-corrected chi connectivity index (χ3v) is 6.71. The molecule has 1 aromatic heterocycles. The van der Waals surface area contributed by atoms with Crippen molar-refractivity contribution in [3.8, 4) is 0 Å². The van der Waals surface area contributed by atoms with Gasteiger partial charge in [-0.05, 0) is 30.4 Å². The summed E-state index contributed by atoms with van der Waals surface area (Å²) in [5.74, 6) is -2.16. The SMILES string of the molecule is Cc1ccsc1CN1C[C@@H]2COC[C@]2(CC(=O)N2CCCO2)C1.O=C(O)C(F)(F)F. The van der Waals surface area contributed by atoms with Crippen molar-refractivity contribution in [3.63, 3.8) is 0 Å². The largest absolute Gasteiger partial charge is 0.490 e. The topological polar surface area (TPSA) is 79.3 Å². The first-order valence-electron chi connectivity index (χ1n) is 9.67. The Morgan fingerprint density at radius 2 is 2.13 bits per heavy atom. The van der Waals surface area contributed by atoms with E-state index in [4.69, 9.17) is 19.5 Å². The Morgan fingerprint density at radius 1 is 1.40 bits per heavy atom. The van der Waals surface area contributed by atoms with Crippen molar-refractivity contribution in [2.75, 3.05) is 39.5 Å². The molecule has 4 rings (SSSR count). The molecule has 0 aliphatic carbocycles. The fourth-order valence-corrected chi connectivity index (χ4v) is 5.06. The second-order valence-electron chi connectivity index (χ2n) is 7.93. The zero-order chi connectivity index (χ0) is 21.9. The second-order valence-corrected chi connectivity index (χ2v) is 8.93. The molecule has 0 saturated carbocycles. The third-order valence-electron chi connectivity index (χ3n) is 5.70. The number of hydroxylamine groups is 2. The van der Waals surface area contributed by atoms with Crippen LogP contribution in [0.4, 0.5) is 13.2 Å². The van der Waals surface area contributed by atoms with Crippen molar-refractivity contribution in [3.05, 3.63) is 21.9 Å². The van der Waals surface area contributed by atoms with Gasteiger partial charge in [0, 0.05) is 42.3 Å². The van der Waals surface area contributed by atoms with Crippen molar-refractivity contribution in [2.24, 2.45) is 11.3 Å². The van der Waals surface area contributed by atoms with E-state index in [0.717, 1.165) is 39.2 Å². The first kappa shape index (κ1) is 23.0. The van der Waals surface area contributed by atoms with Gasteiger partial charge in [-0.1, -0.05) is 0 Å². The molecule has 7 nitrogen and oxygen atoms in total. The predicted octanol–water partition coefficient (Wildman–Crippen LogP) is 2.69. The maximum atomic E-state index is 12.5. The van der Waals surface area contributed by atoms with E-state index in [1.54, 1.807) is 5.06 Å². The number of aryl methyl sites for hydroxylation is 1. The van der Waals surface area contributed by atoms with E-state index in [-0.39, 0.29) is 11.3 Å². The summed E-state index contributed by atoms with van der Waals surface area (Å²) in [6, 6.07) is 2.18. The molecule has 3 fully saturated rings. The normalized spacial score (nSPS) is 26.4. The number of aliphatic carboxylic acids is 1. The molecule has 2 atom stereocenters. The Bertz CT molecular complexity index is 766. The van der Waals surface area contributed by atoms with Gasteiger partial charge in [0.2, 0.25) is 5.91 Å². The number of rotatable bonds is 4. The zero-order valence-electron chi connectivity index (χ0n) is 16.6. The van der Waals surface area contributed by atoms with Crippen LogP contribution in [0.1, 0.15) is 23.3 Å². The molecule has 0 radical (unpaired) electrons. The number of carbonyl (C=O) groups excluding carboxylic acids is 1. The highest BCUT2D eigenvalue weighted by atomic mass is 32.1.